The lowest BCUT2D eigenvalue weighted by atomic mass is 10.1. The fourth-order valence-electron chi connectivity index (χ4n) is 3.07. The van der Waals surface area contributed by atoms with Crippen LogP contribution in [0.15, 0.2) is 84.9 Å². The molecule has 1 heterocycles. The van der Waals surface area contributed by atoms with Gasteiger partial charge in [0.15, 0.2) is 0 Å². The summed E-state index contributed by atoms with van der Waals surface area (Å²) >= 11 is 0. The molecule has 5 heteroatoms. The first-order valence-electron chi connectivity index (χ1n) is 9.24. The van der Waals surface area contributed by atoms with E-state index in [1.807, 2.05) is 67.6 Å². The number of hydrogen-bond acceptors (Lipinski definition) is 3. The summed E-state index contributed by atoms with van der Waals surface area (Å²) in [7, 11) is 0. The number of para-hydroxylation sites is 2. The molecule has 4 rings (SSSR count). The summed E-state index contributed by atoms with van der Waals surface area (Å²) in [5.74, 6) is -0.439. The van der Waals surface area contributed by atoms with Crippen molar-refractivity contribution in [3.63, 3.8) is 0 Å². The molecule has 29 heavy (non-hydrogen) atoms. The van der Waals surface area contributed by atoms with Crippen LogP contribution >= 0.6 is 0 Å². The predicted molar refractivity (Wildman–Crippen MR) is 115 cm³/mol. The first kappa shape index (κ1) is 18.4. The first-order valence-corrected chi connectivity index (χ1v) is 9.24. The Kier molecular flexibility index (Phi) is 5.03. The average Bonchev–Trinajstić information content (AvgIpc) is 2.74. The zero-order valence-corrected chi connectivity index (χ0v) is 15.8. The first-order chi connectivity index (χ1) is 14.1. The number of anilines is 2. The van der Waals surface area contributed by atoms with Crippen molar-refractivity contribution in [3.8, 4) is 0 Å². The minimum Gasteiger partial charge on any atom is -0.322 e. The third-order valence-electron chi connectivity index (χ3n) is 4.60. The van der Waals surface area contributed by atoms with Gasteiger partial charge in [-0.25, -0.2) is 0 Å². The van der Waals surface area contributed by atoms with Crippen molar-refractivity contribution in [3.05, 3.63) is 102 Å². The maximum atomic E-state index is 12.7. The van der Waals surface area contributed by atoms with Crippen LogP contribution < -0.4 is 10.6 Å². The summed E-state index contributed by atoms with van der Waals surface area (Å²) in [6.07, 6.45) is 0. The number of rotatable bonds is 4. The van der Waals surface area contributed by atoms with Crippen LogP contribution in [0.1, 0.15) is 26.4 Å². The molecule has 0 spiro atoms. The highest BCUT2D eigenvalue weighted by atomic mass is 16.2. The van der Waals surface area contributed by atoms with Gasteiger partial charge in [-0.05, 0) is 55.5 Å². The number of aryl methyl sites for hydroxylation is 1. The summed E-state index contributed by atoms with van der Waals surface area (Å²) < 4.78 is 0. The Balaban J connectivity index is 1.48. The Morgan fingerprint density at radius 3 is 2.10 bits per heavy atom. The van der Waals surface area contributed by atoms with Crippen LogP contribution in [0, 0.1) is 6.92 Å². The van der Waals surface area contributed by atoms with E-state index in [0.717, 1.165) is 16.6 Å². The molecule has 4 aromatic rings. The summed E-state index contributed by atoms with van der Waals surface area (Å²) in [5.41, 5.74) is 3.90. The normalized spacial score (nSPS) is 10.5. The standard InChI is InChI=1S/C24H19N3O2/c1-16-21(15-18-7-5-6-10-22(18)25-16)24(29)27-20-13-11-17(12-14-20)23(28)26-19-8-3-2-4-9-19/h2-15H,1H3,(H,26,28)(H,27,29). The van der Waals surface area contributed by atoms with Gasteiger partial charge in [0, 0.05) is 22.3 Å². The highest BCUT2D eigenvalue weighted by Crippen LogP contribution is 2.18. The van der Waals surface area contributed by atoms with E-state index in [4.69, 9.17) is 0 Å². The fraction of sp³-hybridized carbons (Fsp3) is 0.0417. The molecule has 2 N–H and O–H groups in total. The number of fused-ring (bicyclic) bond motifs is 1. The van der Waals surface area contributed by atoms with Crippen LogP contribution in [0.5, 0.6) is 0 Å². The molecule has 0 saturated carbocycles. The van der Waals surface area contributed by atoms with Gasteiger partial charge in [0.1, 0.15) is 0 Å². The lowest BCUT2D eigenvalue weighted by Gasteiger charge is -2.10. The third kappa shape index (κ3) is 4.14. The van der Waals surface area contributed by atoms with E-state index < -0.39 is 0 Å². The summed E-state index contributed by atoms with van der Waals surface area (Å²) in [4.78, 5) is 29.5. The molecule has 0 bridgehead atoms. The molecule has 0 aliphatic rings. The van der Waals surface area contributed by atoms with Crippen molar-refractivity contribution in [1.82, 2.24) is 4.98 Å². The molecule has 1 aromatic heterocycles. The molecule has 5 nitrogen and oxygen atoms in total. The average molecular weight is 381 g/mol. The van der Waals surface area contributed by atoms with Gasteiger partial charge < -0.3 is 10.6 Å². The quantitative estimate of drug-likeness (QED) is 0.520. The Bertz CT molecular complexity index is 1190. The number of hydrogen-bond donors (Lipinski definition) is 2. The van der Waals surface area contributed by atoms with Crippen molar-refractivity contribution >= 4 is 34.1 Å². The van der Waals surface area contributed by atoms with Crippen LogP contribution in [0.4, 0.5) is 11.4 Å². The monoisotopic (exact) mass is 381 g/mol. The number of aromatic nitrogens is 1. The van der Waals surface area contributed by atoms with Crippen molar-refractivity contribution in [2.24, 2.45) is 0 Å². The van der Waals surface area contributed by atoms with Gasteiger partial charge in [-0.2, -0.15) is 0 Å². The van der Waals surface area contributed by atoms with Crippen LogP contribution in [0.25, 0.3) is 10.9 Å². The van der Waals surface area contributed by atoms with Gasteiger partial charge in [-0.1, -0.05) is 36.4 Å². The SMILES string of the molecule is Cc1nc2ccccc2cc1C(=O)Nc1ccc(C(=O)Nc2ccccc2)cc1. The van der Waals surface area contributed by atoms with E-state index in [0.29, 0.717) is 22.5 Å². The molecule has 0 aliphatic heterocycles. The Morgan fingerprint density at radius 1 is 0.724 bits per heavy atom. The number of nitrogens with zero attached hydrogens (tertiary/aromatic N) is 1. The maximum Gasteiger partial charge on any atom is 0.257 e. The van der Waals surface area contributed by atoms with E-state index in [1.165, 1.54) is 0 Å². The van der Waals surface area contributed by atoms with Crippen molar-refractivity contribution < 1.29 is 9.59 Å². The molecule has 2 amide bonds. The second-order valence-corrected chi connectivity index (χ2v) is 6.67. The summed E-state index contributed by atoms with van der Waals surface area (Å²) in [6.45, 7) is 1.82. The smallest absolute Gasteiger partial charge is 0.257 e. The van der Waals surface area contributed by atoms with Gasteiger partial charge in [-0.15, -0.1) is 0 Å². The number of carbonyl (C=O) groups excluding carboxylic acids is 2. The van der Waals surface area contributed by atoms with E-state index in [1.54, 1.807) is 24.3 Å². The largest absolute Gasteiger partial charge is 0.322 e. The zero-order chi connectivity index (χ0) is 20.2. The Morgan fingerprint density at radius 2 is 1.34 bits per heavy atom. The number of benzene rings is 3. The Labute approximate surface area is 168 Å². The number of amides is 2. The van der Waals surface area contributed by atoms with Crippen LogP contribution in [0.2, 0.25) is 0 Å². The molecule has 0 aliphatic carbocycles. The molecule has 0 atom stereocenters. The van der Waals surface area contributed by atoms with E-state index in [-0.39, 0.29) is 11.8 Å². The molecule has 3 aromatic carbocycles. The van der Waals surface area contributed by atoms with E-state index in [2.05, 4.69) is 15.6 Å². The van der Waals surface area contributed by atoms with E-state index >= 15 is 0 Å². The topological polar surface area (TPSA) is 71.1 Å². The lowest BCUT2D eigenvalue weighted by molar-refractivity contribution is 0.101. The van der Waals surface area contributed by atoms with Crippen molar-refractivity contribution in [2.45, 2.75) is 6.92 Å². The summed E-state index contributed by atoms with van der Waals surface area (Å²) in [6, 6.07) is 25.6. The minimum atomic E-state index is -0.234. The fourth-order valence-corrected chi connectivity index (χ4v) is 3.07. The number of carbonyl (C=O) groups is 2. The number of nitrogens with one attached hydrogen (secondary N) is 2. The highest BCUT2D eigenvalue weighted by molar-refractivity contribution is 6.07. The molecule has 0 unspecified atom stereocenters. The van der Waals surface area contributed by atoms with Crippen LogP contribution in [0.3, 0.4) is 0 Å². The summed E-state index contributed by atoms with van der Waals surface area (Å²) in [5, 5.41) is 6.62. The van der Waals surface area contributed by atoms with Gasteiger partial charge in [-0.3, -0.25) is 14.6 Å². The van der Waals surface area contributed by atoms with E-state index in [9.17, 15) is 9.59 Å². The minimum absolute atomic E-state index is 0.205. The molecular formula is C24H19N3O2. The van der Waals surface area contributed by atoms with Gasteiger partial charge in [0.05, 0.1) is 16.8 Å². The highest BCUT2D eigenvalue weighted by Gasteiger charge is 2.13. The van der Waals surface area contributed by atoms with Gasteiger partial charge >= 0.3 is 0 Å². The molecular weight excluding hydrogens is 362 g/mol. The van der Waals surface area contributed by atoms with Gasteiger partial charge in [0.2, 0.25) is 0 Å². The zero-order valence-electron chi connectivity index (χ0n) is 15.8. The van der Waals surface area contributed by atoms with Gasteiger partial charge in [0.25, 0.3) is 11.8 Å². The molecule has 0 fully saturated rings. The molecule has 0 radical (unpaired) electrons. The second kappa shape index (κ2) is 7.94. The predicted octanol–water partition coefficient (Wildman–Crippen LogP) is 5.05. The van der Waals surface area contributed by atoms with Crippen molar-refractivity contribution in [2.75, 3.05) is 10.6 Å². The second-order valence-electron chi connectivity index (χ2n) is 6.67. The lowest BCUT2D eigenvalue weighted by Crippen LogP contribution is -2.15. The van der Waals surface area contributed by atoms with Crippen LogP contribution in [-0.4, -0.2) is 16.8 Å². The maximum absolute atomic E-state index is 12.7. The number of pyridine rings is 1. The Hall–Kier alpha value is -3.99. The van der Waals surface area contributed by atoms with Crippen molar-refractivity contribution in [1.29, 1.82) is 0 Å². The third-order valence-corrected chi connectivity index (χ3v) is 4.60. The molecule has 142 valence electrons. The molecule has 0 saturated heterocycles. The van der Waals surface area contributed by atoms with Crippen LogP contribution in [-0.2, 0) is 0 Å².